The second kappa shape index (κ2) is 7.15. The Morgan fingerprint density at radius 3 is 2.88 bits per heavy atom. The maximum Gasteiger partial charge on any atom is 0.251 e. The first-order chi connectivity index (χ1) is 11.5. The summed E-state index contributed by atoms with van der Waals surface area (Å²) in [4.78, 5) is 32.8. The number of hydrogen-bond donors (Lipinski definition) is 1. The van der Waals surface area contributed by atoms with Gasteiger partial charge in [0.1, 0.15) is 11.9 Å². The van der Waals surface area contributed by atoms with Gasteiger partial charge in [-0.3, -0.25) is 9.59 Å². The number of hydrogen-bond acceptors (Lipinski definition) is 4. The maximum atomic E-state index is 12.5. The van der Waals surface area contributed by atoms with Crippen molar-refractivity contribution in [3.05, 3.63) is 62.8 Å². The Morgan fingerprint density at radius 2 is 2.17 bits per heavy atom. The minimum absolute atomic E-state index is 0.0145. The number of rotatable bonds is 3. The maximum absolute atomic E-state index is 12.5. The van der Waals surface area contributed by atoms with E-state index in [-0.39, 0.29) is 11.5 Å². The van der Waals surface area contributed by atoms with Crippen LogP contribution in [0.3, 0.4) is 0 Å². The topological polar surface area (TPSA) is 75.3 Å². The number of nitrogens with zero attached hydrogens (tertiary/aromatic N) is 2. The Balaban J connectivity index is 1.69. The zero-order chi connectivity index (χ0) is 17.1. The lowest BCUT2D eigenvalue weighted by atomic mass is 10.1. The van der Waals surface area contributed by atoms with Gasteiger partial charge in [-0.25, -0.2) is 4.98 Å². The minimum atomic E-state index is -0.416. The van der Waals surface area contributed by atoms with Crippen LogP contribution in [0.15, 0.2) is 35.1 Å². The highest BCUT2D eigenvalue weighted by molar-refractivity contribution is 6.30. The fourth-order valence-electron chi connectivity index (χ4n) is 2.68. The van der Waals surface area contributed by atoms with Crippen molar-refractivity contribution in [2.45, 2.75) is 19.4 Å². The third kappa shape index (κ3) is 4.01. The van der Waals surface area contributed by atoms with Gasteiger partial charge in [0.25, 0.3) is 5.56 Å². The largest absolute Gasteiger partial charge is 0.367 e. The van der Waals surface area contributed by atoms with Crippen LogP contribution >= 0.6 is 11.6 Å². The lowest BCUT2D eigenvalue weighted by Crippen LogP contribution is -2.43. The van der Waals surface area contributed by atoms with Gasteiger partial charge in [-0.1, -0.05) is 23.7 Å². The first kappa shape index (κ1) is 16.7. The molecule has 1 aromatic heterocycles. The number of aryl methyl sites for hydroxylation is 1. The van der Waals surface area contributed by atoms with Gasteiger partial charge in [0, 0.05) is 23.3 Å². The number of carbonyl (C=O) groups excluding carboxylic acids is 1. The molecule has 0 saturated carbocycles. The van der Waals surface area contributed by atoms with E-state index in [9.17, 15) is 9.59 Å². The number of amides is 1. The molecule has 0 radical (unpaired) electrons. The van der Waals surface area contributed by atoms with Gasteiger partial charge in [0.15, 0.2) is 0 Å². The lowest BCUT2D eigenvalue weighted by molar-refractivity contribution is -0.138. The SMILES string of the molecule is Cc1cc(=O)[nH]c([C@@H]2CN(C(=O)Cc3ccc(Cl)cc3)CCO2)n1. The van der Waals surface area contributed by atoms with Crippen LogP contribution in [-0.2, 0) is 16.0 Å². The molecular formula is C17H18ClN3O3. The summed E-state index contributed by atoms with van der Waals surface area (Å²) in [5.41, 5.74) is 1.32. The van der Waals surface area contributed by atoms with E-state index >= 15 is 0 Å². The number of ether oxygens (including phenoxy) is 1. The quantitative estimate of drug-likeness (QED) is 0.919. The number of morpholine rings is 1. The first-order valence-corrected chi connectivity index (χ1v) is 8.11. The summed E-state index contributed by atoms with van der Waals surface area (Å²) in [6, 6.07) is 8.66. The molecule has 1 aromatic carbocycles. The molecule has 1 aliphatic heterocycles. The van der Waals surface area contributed by atoms with E-state index in [1.165, 1.54) is 6.07 Å². The van der Waals surface area contributed by atoms with Crippen LogP contribution in [0.25, 0.3) is 0 Å². The van der Waals surface area contributed by atoms with Crippen LogP contribution in [0, 0.1) is 6.92 Å². The van der Waals surface area contributed by atoms with Crippen molar-refractivity contribution in [3.8, 4) is 0 Å². The molecule has 0 aliphatic carbocycles. The van der Waals surface area contributed by atoms with Crippen molar-refractivity contribution in [1.82, 2.24) is 14.9 Å². The Hall–Kier alpha value is -2.18. The third-order valence-corrected chi connectivity index (χ3v) is 4.13. The van der Waals surface area contributed by atoms with Crippen molar-refractivity contribution >= 4 is 17.5 Å². The molecule has 0 unspecified atom stereocenters. The zero-order valence-electron chi connectivity index (χ0n) is 13.3. The molecule has 24 heavy (non-hydrogen) atoms. The van der Waals surface area contributed by atoms with Gasteiger partial charge in [-0.2, -0.15) is 0 Å². The van der Waals surface area contributed by atoms with Crippen LogP contribution in [0.1, 0.15) is 23.2 Å². The predicted octanol–water partition coefficient (Wildman–Crippen LogP) is 1.87. The third-order valence-electron chi connectivity index (χ3n) is 3.88. The summed E-state index contributed by atoms with van der Waals surface area (Å²) >= 11 is 5.86. The molecule has 1 fully saturated rings. The van der Waals surface area contributed by atoms with Gasteiger partial charge in [0.05, 0.1) is 19.6 Å². The van der Waals surface area contributed by atoms with Crippen molar-refractivity contribution in [2.75, 3.05) is 19.7 Å². The van der Waals surface area contributed by atoms with Crippen molar-refractivity contribution < 1.29 is 9.53 Å². The van der Waals surface area contributed by atoms with E-state index in [2.05, 4.69) is 9.97 Å². The lowest BCUT2D eigenvalue weighted by Gasteiger charge is -2.32. The van der Waals surface area contributed by atoms with Gasteiger partial charge in [-0.15, -0.1) is 0 Å². The summed E-state index contributed by atoms with van der Waals surface area (Å²) in [5.74, 6) is 0.476. The number of H-pyrrole nitrogens is 1. The number of halogens is 1. The number of aromatic amines is 1. The second-order valence-corrected chi connectivity index (χ2v) is 6.21. The van der Waals surface area contributed by atoms with E-state index < -0.39 is 6.10 Å². The highest BCUT2D eigenvalue weighted by atomic mass is 35.5. The van der Waals surface area contributed by atoms with E-state index in [4.69, 9.17) is 16.3 Å². The van der Waals surface area contributed by atoms with E-state index in [0.717, 1.165) is 5.56 Å². The predicted molar refractivity (Wildman–Crippen MR) is 90.0 cm³/mol. The van der Waals surface area contributed by atoms with E-state index in [1.807, 2.05) is 12.1 Å². The summed E-state index contributed by atoms with van der Waals surface area (Å²) in [6.07, 6.45) is -0.109. The highest BCUT2D eigenvalue weighted by Crippen LogP contribution is 2.19. The van der Waals surface area contributed by atoms with Gasteiger partial charge in [0.2, 0.25) is 5.91 Å². The number of aromatic nitrogens is 2. The van der Waals surface area contributed by atoms with E-state index in [0.29, 0.717) is 42.7 Å². The molecule has 126 valence electrons. The average molecular weight is 348 g/mol. The molecule has 2 aromatic rings. The van der Waals surface area contributed by atoms with E-state index in [1.54, 1.807) is 24.0 Å². The molecule has 1 N–H and O–H groups in total. The number of benzene rings is 1. The summed E-state index contributed by atoms with van der Waals surface area (Å²) < 4.78 is 5.68. The van der Waals surface area contributed by atoms with Crippen molar-refractivity contribution in [3.63, 3.8) is 0 Å². The Labute approximate surface area is 144 Å². The fraction of sp³-hybridized carbons (Fsp3) is 0.353. The van der Waals surface area contributed by atoms with Gasteiger partial charge < -0.3 is 14.6 Å². The normalized spacial score (nSPS) is 17.8. The standard InChI is InChI=1S/C17H18ClN3O3/c1-11-8-15(22)20-17(19-11)14-10-21(6-7-24-14)16(23)9-12-2-4-13(18)5-3-12/h2-5,8,14H,6-7,9-10H2,1H3,(H,19,20,22)/t14-/m0/s1. The average Bonchev–Trinajstić information content (AvgIpc) is 2.56. The summed E-state index contributed by atoms with van der Waals surface area (Å²) in [6.45, 7) is 3.07. The van der Waals surface area contributed by atoms with Crippen molar-refractivity contribution in [2.24, 2.45) is 0 Å². The molecular weight excluding hydrogens is 330 g/mol. The van der Waals surface area contributed by atoms with Crippen LogP contribution in [-0.4, -0.2) is 40.5 Å². The molecule has 1 atom stereocenters. The molecule has 2 heterocycles. The fourth-order valence-corrected chi connectivity index (χ4v) is 2.81. The molecule has 6 nitrogen and oxygen atoms in total. The van der Waals surface area contributed by atoms with Crippen LogP contribution in [0.2, 0.25) is 5.02 Å². The summed E-state index contributed by atoms with van der Waals surface area (Å²) in [5, 5.41) is 0.645. The Bertz CT molecular complexity index is 788. The smallest absolute Gasteiger partial charge is 0.251 e. The number of nitrogens with one attached hydrogen (secondary N) is 1. The van der Waals surface area contributed by atoms with Gasteiger partial charge in [-0.05, 0) is 24.6 Å². The van der Waals surface area contributed by atoms with Crippen LogP contribution in [0.4, 0.5) is 0 Å². The van der Waals surface area contributed by atoms with Crippen LogP contribution < -0.4 is 5.56 Å². The molecule has 1 aliphatic rings. The Kier molecular flexibility index (Phi) is 4.97. The number of carbonyl (C=O) groups is 1. The summed E-state index contributed by atoms with van der Waals surface area (Å²) in [7, 11) is 0. The van der Waals surface area contributed by atoms with Gasteiger partial charge >= 0.3 is 0 Å². The van der Waals surface area contributed by atoms with Crippen molar-refractivity contribution in [1.29, 1.82) is 0 Å². The highest BCUT2D eigenvalue weighted by Gasteiger charge is 2.27. The molecule has 1 amide bonds. The minimum Gasteiger partial charge on any atom is -0.367 e. The molecule has 0 spiro atoms. The first-order valence-electron chi connectivity index (χ1n) is 7.73. The Morgan fingerprint density at radius 1 is 1.42 bits per heavy atom. The molecule has 3 rings (SSSR count). The molecule has 7 heteroatoms. The zero-order valence-corrected chi connectivity index (χ0v) is 14.0. The molecule has 0 bridgehead atoms. The monoisotopic (exact) mass is 347 g/mol. The van der Waals surface area contributed by atoms with Crippen LogP contribution in [0.5, 0.6) is 0 Å². The molecule has 1 saturated heterocycles. The second-order valence-electron chi connectivity index (χ2n) is 5.77.